The Labute approximate surface area is 123 Å². The molecular weight excluding hydrogens is 274 g/mol. The molecule has 1 unspecified atom stereocenters. The highest BCUT2D eigenvalue weighted by atomic mass is 35.5. The number of phenolic OH excluding ortho intramolecular Hbond substituents is 1. The van der Waals surface area contributed by atoms with Gasteiger partial charge in [0.2, 0.25) is 0 Å². The van der Waals surface area contributed by atoms with Crippen molar-refractivity contribution < 1.29 is 9.84 Å². The average molecular weight is 292 g/mol. The average Bonchev–Trinajstić information content (AvgIpc) is 2.41. The molecule has 2 aromatic rings. The van der Waals surface area contributed by atoms with Gasteiger partial charge in [-0.05, 0) is 43.2 Å². The van der Waals surface area contributed by atoms with Crippen LogP contribution in [0, 0.1) is 0 Å². The van der Waals surface area contributed by atoms with Crippen LogP contribution in [-0.4, -0.2) is 11.1 Å². The fourth-order valence-electron chi connectivity index (χ4n) is 1.95. The van der Waals surface area contributed by atoms with Crippen LogP contribution in [0.1, 0.15) is 18.1 Å². The fraction of sp³-hybridized carbons (Fsp3) is 0.250. The molecule has 20 heavy (non-hydrogen) atoms. The second-order valence-corrected chi connectivity index (χ2v) is 5.26. The van der Waals surface area contributed by atoms with E-state index in [1.807, 2.05) is 37.3 Å². The number of phenols is 1. The normalized spacial score (nSPS) is 12.2. The number of benzene rings is 2. The van der Waals surface area contributed by atoms with Crippen LogP contribution in [0.4, 0.5) is 0 Å². The molecule has 0 radical (unpaired) electrons. The molecule has 0 amide bonds. The van der Waals surface area contributed by atoms with E-state index < -0.39 is 0 Å². The Balaban J connectivity index is 2.12. The minimum absolute atomic E-state index is 0.0194. The molecule has 1 atom stereocenters. The van der Waals surface area contributed by atoms with Crippen LogP contribution >= 0.6 is 11.6 Å². The lowest BCUT2D eigenvalue weighted by atomic mass is 10.1. The summed E-state index contributed by atoms with van der Waals surface area (Å²) >= 11 is 6.21. The molecule has 2 aromatic carbocycles. The Morgan fingerprint density at radius 1 is 1.20 bits per heavy atom. The van der Waals surface area contributed by atoms with Gasteiger partial charge in [-0.25, -0.2) is 0 Å². The number of hydrogen-bond acceptors (Lipinski definition) is 3. The van der Waals surface area contributed by atoms with Crippen LogP contribution in [-0.2, 0) is 13.0 Å². The van der Waals surface area contributed by atoms with E-state index in [-0.39, 0.29) is 11.8 Å². The summed E-state index contributed by atoms with van der Waals surface area (Å²) in [6, 6.07) is 12.5. The first-order chi connectivity index (χ1) is 9.56. The molecule has 0 heterocycles. The summed E-state index contributed by atoms with van der Waals surface area (Å²) in [6.45, 7) is 2.36. The number of hydrogen-bond donors (Lipinski definition) is 2. The minimum atomic E-state index is 0.0194. The summed E-state index contributed by atoms with van der Waals surface area (Å²) in [6.07, 6.45) is 0.671. The summed E-state index contributed by atoms with van der Waals surface area (Å²) in [5.41, 5.74) is 7.76. The lowest BCUT2D eigenvalue weighted by molar-refractivity contribution is 0.302. The molecule has 0 aromatic heterocycles. The van der Waals surface area contributed by atoms with Crippen molar-refractivity contribution in [2.24, 2.45) is 5.73 Å². The first kappa shape index (κ1) is 14.7. The van der Waals surface area contributed by atoms with Crippen molar-refractivity contribution in [3.8, 4) is 11.5 Å². The third-order valence-corrected chi connectivity index (χ3v) is 3.29. The van der Waals surface area contributed by atoms with Gasteiger partial charge < -0.3 is 15.6 Å². The van der Waals surface area contributed by atoms with Crippen LogP contribution in [0.5, 0.6) is 11.5 Å². The van der Waals surface area contributed by atoms with E-state index in [4.69, 9.17) is 22.1 Å². The maximum Gasteiger partial charge on any atom is 0.124 e. The molecular formula is C16H18ClNO2. The number of halogens is 1. The molecule has 2 rings (SSSR count). The lowest BCUT2D eigenvalue weighted by Crippen LogP contribution is -2.18. The predicted molar refractivity (Wildman–Crippen MR) is 81.2 cm³/mol. The fourth-order valence-corrected chi connectivity index (χ4v) is 2.19. The molecule has 0 fully saturated rings. The SMILES string of the molecule is CC(N)Cc1c(Cl)cccc1OCc1ccc(O)cc1. The molecule has 4 heteroatoms. The van der Waals surface area contributed by atoms with E-state index in [2.05, 4.69) is 0 Å². The summed E-state index contributed by atoms with van der Waals surface area (Å²) in [4.78, 5) is 0. The Morgan fingerprint density at radius 3 is 2.55 bits per heavy atom. The van der Waals surface area contributed by atoms with E-state index in [1.54, 1.807) is 12.1 Å². The molecule has 0 spiro atoms. The van der Waals surface area contributed by atoms with Gasteiger partial charge in [0.05, 0.1) is 0 Å². The molecule has 0 aliphatic carbocycles. The number of ether oxygens (including phenoxy) is 1. The zero-order chi connectivity index (χ0) is 14.5. The van der Waals surface area contributed by atoms with E-state index in [0.29, 0.717) is 18.1 Å². The number of rotatable bonds is 5. The van der Waals surface area contributed by atoms with Gasteiger partial charge in [-0.2, -0.15) is 0 Å². The van der Waals surface area contributed by atoms with Crippen molar-refractivity contribution in [1.82, 2.24) is 0 Å². The standard InChI is InChI=1S/C16H18ClNO2/c1-11(18)9-14-15(17)3-2-4-16(14)20-10-12-5-7-13(19)8-6-12/h2-8,11,19H,9-10,18H2,1H3. The zero-order valence-corrected chi connectivity index (χ0v) is 12.1. The highest BCUT2D eigenvalue weighted by molar-refractivity contribution is 6.31. The lowest BCUT2D eigenvalue weighted by Gasteiger charge is -2.14. The third-order valence-electron chi connectivity index (χ3n) is 2.93. The quantitative estimate of drug-likeness (QED) is 0.886. The minimum Gasteiger partial charge on any atom is -0.508 e. The number of nitrogens with two attached hydrogens (primary N) is 1. The van der Waals surface area contributed by atoms with Gasteiger partial charge in [0.25, 0.3) is 0 Å². The molecule has 0 saturated heterocycles. The molecule has 0 aliphatic rings. The van der Waals surface area contributed by atoms with E-state index in [1.165, 1.54) is 0 Å². The largest absolute Gasteiger partial charge is 0.508 e. The molecule has 3 N–H and O–H groups in total. The van der Waals surface area contributed by atoms with Gasteiger partial charge in [0.1, 0.15) is 18.1 Å². The van der Waals surface area contributed by atoms with Gasteiger partial charge in [-0.3, -0.25) is 0 Å². The Bertz CT molecular complexity index is 567. The first-order valence-electron chi connectivity index (χ1n) is 6.50. The Kier molecular flexibility index (Phi) is 4.88. The van der Waals surface area contributed by atoms with E-state index in [0.717, 1.165) is 16.9 Å². The van der Waals surface area contributed by atoms with Crippen molar-refractivity contribution in [1.29, 1.82) is 0 Å². The van der Waals surface area contributed by atoms with Crippen LogP contribution in [0.25, 0.3) is 0 Å². The molecule has 3 nitrogen and oxygen atoms in total. The molecule has 0 aliphatic heterocycles. The predicted octanol–water partition coefficient (Wildman–Crippen LogP) is 3.51. The molecule has 106 valence electrons. The van der Waals surface area contributed by atoms with Crippen molar-refractivity contribution in [2.75, 3.05) is 0 Å². The maximum atomic E-state index is 9.25. The Hall–Kier alpha value is -1.71. The summed E-state index contributed by atoms with van der Waals surface area (Å²) in [7, 11) is 0. The Morgan fingerprint density at radius 2 is 1.90 bits per heavy atom. The van der Waals surface area contributed by atoms with Crippen LogP contribution in [0.2, 0.25) is 5.02 Å². The number of aromatic hydroxyl groups is 1. The third kappa shape index (κ3) is 3.89. The van der Waals surface area contributed by atoms with Gasteiger partial charge in [0, 0.05) is 16.6 Å². The smallest absolute Gasteiger partial charge is 0.124 e. The van der Waals surface area contributed by atoms with Crippen molar-refractivity contribution in [3.05, 3.63) is 58.6 Å². The zero-order valence-electron chi connectivity index (χ0n) is 11.3. The van der Waals surface area contributed by atoms with Crippen molar-refractivity contribution in [3.63, 3.8) is 0 Å². The van der Waals surface area contributed by atoms with Crippen LogP contribution in [0.3, 0.4) is 0 Å². The second-order valence-electron chi connectivity index (χ2n) is 4.85. The van der Waals surface area contributed by atoms with Gasteiger partial charge in [0.15, 0.2) is 0 Å². The molecule has 0 saturated carbocycles. The summed E-state index contributed by atoms with van der Waals surface area (Å²) in [5, 5.41) is 9.92. The highest BCUT2D eigenvalue weighted by Gasteiger charge is 2.10. The van der Waals surface area contributed by atoms with E-state index >= 15 is 0 Å². The van der Waals surface area contributed by atoms with Gasteiger partial charge >= 0.3 is 0 Å². The second kappa shape index (κ2) is 6.64. The summed E-state index contributed by atoms with van der Waals surface area (Å²) < 4.78 is 5.82. The van der Waals surface area contributed by atoms with Gasteiger partial charge in [-0.1, -0.05) is 29.8 Å². The van der Waals surface area contributed by atoms with E-state index in [9.17, 15) is 5.11 Å². The van der Waals surface area contributed by atoms with Crippen LogP contribution < -0.4 is 10.5 Å². The van der Waals surface area contributed by atoms with Crippen molar-refractivity contribution in [2.45, 2.75) is 26.0 Å². The van der Waals surface area contributed by atoms with Crippen molar-refractivity contribution >= 4 is 11.6 Å². The summed E-state index contributed by atoms with van der Waals surface area (Å²) in [5.74, 6) is 0.997. The first-order valence-corrected chi connectivity index (χ1v) is 6.87. The van der Waals surface area contributed by atoms with Crippen LogP contribution in [0.15, 0.2) is 42.5 Å². The monoisotopic (exact) mass is 291 g/mol. The van der Waals surface area contributed by atoms with Gasteiger partial charge in [-0.15, -0.1) is 0 Å². The topological polar surface area (TPSA) is 55.5 Å². The highest BCUT2D eigenvalue weighted by Crippen LogP contribution is 2.28. The molecule has 0 bridgehead atoms. The maximum absolute atomic E-state index is 9.25.